The van der Waals surface area contributed by atoms with Crippen LogP contribution in [0.15, 0.2) is 29.3 Å². The zero-order chi connectivity index (χ0) is 16.4. The van der Waals surface area contributed by atoms with Crippen LogP contribution in [0.5, 0.6) is 11.5 Å². The number of methoxy groups -OCH3 is 1. The Morgan fingerprint density at radius 3 is 2.39 bits per heavy atom. The van der Waals surface area contributed by atoms with Crippen LogP contribution in [0.25, 0.3) is 0 Å². The molecule has 2 N–H and O–H groups in total. The van der Waals surface area contributed by atoms with E-state index in [1.54, 1.807) is 7.11 Å². The fourth-order valence-corrected chi connectivity index (χ4v) is 1.85. The zero-order valence-electron chi connectivity index (χ0n) is 14.8. The first-order chi connectivity index (χ1) is 10.6. The summed E-state index contributed by atoms with van der Waals surface area (Å²) in [5.41, 5.74) is 0. The Labute approximate surface area is 157 Å². The van der Waals surface area contributed by atoms with Gasteiger partial charge in [-0.3, -0.25) is 0 Å². The van der Waals surface area contributed by atoms with Gasteiger partial charge in [-0.1, -0.05) is 19.1 Å². The fraction of sp³-hybridized carbons (Fsp3) is 0.588. The number of guanidine groups is 1. The molecule has 2 atom stereocenters. The number of hydrogen-bond acceptors (Lipinski definition) is 3. The molecule has 0 bridgehead atoms. The molecule has 0 fully saturated rings. The lowest BCUT2D eigenvalue weighted by atomic mass is 10.3. The number of ether oxygens (including phenoxy) is 2. The van der Waals surface area contributed by atoms with Crippen LogP contribution in [0.1, 0.15) is 34.1 Å². The second kappa shape index (κ2) is 12.3. The predicted octanol–water partition coefficient (Wildman–Crippen LogP) is 3.43. The average Bonchev–Trinajstić information content (AvgIpc) is 2.53. The second-order valence-corrected chi connectivity index (χ2v) is 5.25. The van der Waals surface area contributed by atoms with Crippen LogP contribution in [-0.2, 0) is 0 Å². The Morgan fingerprint density at radius 1 is 1.17 bits per heavy atom. The van der Waals surface area contributed by atoms with Crippen LogP contribution in [-0.4, -0.2) is 38.3 Å². The van der Waals surface area contributed by atoms with Crippen molar-refractivity contribution >= 4 is 29.9 Å². The molecule has 0 saturated heterocycles. The molecule has 1 aromatic rings. The van der Waals surface area contributed by atoms with Gasteiger partial charge in [0.2, 0.25) is 0 Å². The normalized spacial score (nSPS) is 13.5. The second-order valence-electron chi connectivity index (χ2n) is 5.25. The highest BCUT2D eigenvalue weighted by atomic mass is 127. The van der Waals surface area contributed by atoms with Gasteiger partial charge in [0.25, 0.3) is 0 Å². The van der Waals surface area contributed by atoms with E-state index in [0.29, 0.717) is 12.6 Å². The van der Waals surface area contributed by atoms with E-state index in [1.807, 2.05) is 31.2 Å². The van der Waals surface area contributed by atoms with Gasteiger partial charge in [-0.15, -0.1) is 24.0 Å². The predicted molar refractivity (Wildman–Crippen MR) is 107 cm³/mol. The maximum absolute atomic E-state index is 5.91. The average molecular weight is 435 g/mol. The summed E-state index contributed by atoms with van der Waals surface area (Å²) in [6.07, 6.45) is 1.02. The van der Waals surface area contributed by atoms with Gasteiger partial charge in [0.15, 0.2) is 17.5 Å². The van der Waals surface area contributed by atoms with Crippen LogP contribution in [0.3, 0.4) is 0 Å². The molecule has 0 heterocycles. The maximum atomic E-state index is 5.91. The van der Waals surface area contributed by atoms with Crippen molar-refractivity contribution in [3.63, 3.8) is 0 Å². The Kier molecular flexibility index (Phi) is 11.6. The van der Waals surface area contributed by atoms with Crippen molar-refractivity contribution in [1.82, 2.24) is 10.6 Å². The summed E-state index contributed by atoms with van der Waals surface area (Å²) in [5.74, 6) is 2.31. The molecular formula is C17H30IN3O2. The summed E-state index contributed by atoms with van der Waals surface area (Å²) in [4.78, 5) is 4.58. The molecule has 1 aromatic carbocycles. The van der Waals surface area contributed by atoms with Gasteiger partial charge in [-0.2, -0.15) is 0 Å². The van der Waals surface area contributed by atoms with E-state index in [0.717, 1.165) is 30.4 Å². The molecule has 6 heteroatoms. The number of benzene rings is 1. The molecule has 0 radical (unpaired) electrons. The summed E-state index contributed by atoms with van der Waals surface area (Å²) in [5, 5.41) is 6.62. The van der Waals surface area contributed by atoms with Gasteiger partial charge in [-0.05, 0) is 39.3 Å². The van der Waals surface area contributed by atoms with Crippen LogP contribution in [0, 0.1) is 0 Å². The molecule has 0 amide bonds. The van der Waals surface area contributed by atoms with Gasteiger partial charge in [0, 0.05) is 12.6 Å². The SMILES string of the molecule is CCNC(=NCC(C)Oc1ccccc1OC)NC(C)CC.I. The van der Waals surface area contributed by atoms with Crippen molar-refractivity contribution < 1.29 is 9.47 Å². The molecule has 0 aliphatic heterocycles. The number of nitrogens with zero attached hydrogens (tertiary/aromatic N) is 1. The zero-order valence-corrected chi connectivity index (χ0v) is 17.1. The van der Waals surface area contributed by atoms with Crippen LogP contribution >= 0.6 is 24.0 Å². The summed E-state index contributed by atoms with van der Waals surface area (Å²) in [6, 6.07) is 8.04. The Bertz CT molecular complexity index is 469. The van der Waals surface area contributed by atoms with E-state index in [4.69, 9.17) is 9.47 Å². The molecular weight excluding hydrogens is 405 g/mol. The first-order valence-corrected chi connectivity index (χ1v) is 7.95. The molecule has 0 saturated carbocycles. The van der Waals surface area contributed by atoms with Gasteiger partial charge in [0.1, 0.15) is 6.10 Å². The molecule has 132 valence electrons. The standard InChI is InChI=1S/C17H29N3O2.HI/c1-6-13(3)20-17(18-7-2)19-12-14(4)22-16-11-9-8-10-15(16)21-5;/h8-11,13-14H,6-7,12H2,1-5H3,(H2,18,19,20);1H. The third kappa shape index (κ3) is 8.29. The number of nitrogens with one attached hydrogen (secondary N) is 2. The summed E-state index contributed by atoms with van der Waals surface area (Å²) in [7, 11) is 1.64. The van der Waals surface area contributed by atoms with Crippen molar-refractivity contribution in [1.29, 1.82) is 0 Å². The Hall–Kier alpha value is -1.18. The monoisotopic (exact) mass is 435 g/mol. The lowest BCUT2D eigenvalue weighted by Crippen LogP contribution is -2.42. The van der Waals surface area contributed by atoms with E-state index in [1.165, 1.54) is 0 Å². The minimum atomic E-state index is -0.0383. The molecule has 5 nitrogen and oxygen atoms in total. The summed E-state index contributed by atoms with van der Waals surface area (Å²) in [6.45, 7) is 9.76. The van der Waals surface area contributed by atoms with E-state index in [-0.39, 0.29) is 30.1 Å². The fourth-order valence-electron chi connectivity index (χ4n) is 1.85. The molecule has 2 unspecified atom stereocenters. The highest BCUT2D eigenvalue weighted by molar-refractivity contribution is 14.0. The number of hydrogen-bond donors (Lipinski definition) is 2. The lowest BCUT2D eigenvalue weighted by Gasteiger charge is -2.18. The smallest absolute Gasteiger partial charge is 0.191 e. The first-order valence-electron chi connectivity index (χ1n) is 7.95. The maximum Gasteiger partial charge on any atom is 0.191 e. The van der Waals surface area contributed by atoms with Crippen molar-refractivity contribution in [2.24, 2.45) is 4.99 Å². The molecule has 0 aromatic heterocycles. The van der Waals surface area contributed by atoms with Gasteiger partial charge in [-0.25, -0.2) is 4.99 Å². The number of rotatable bonds is 8. The van der Waals surface area contributed by atoms with E-state index in [9.17, 15) is 0 Å². The first kappa shape index (κ1) is 21.8. The Morgan fingerprint density at radius 2 is 1.83 bits per heavy atom. The van der Waals surface area contributed by atoms with Crippen LogP contribution in [0.4, 0.5) is 0 Å². The highest BCUT2D eigenvalue weighted by Crippen LogP contribution is 2.26. The number of para-hydroxylation sites is 2. The molecule has 0 aliphatic carbocycles. The minimum Gasteiger partial charge on any atom is -0.493 e. The summed E-state index contributed by atoms with van der Waals surface area (Å²) >= 11 is 0. The van der Waals surface area contributed by atoms with Gasteiger partial charge >= 0.3 is 0 Å². The quantitative estimate of drug-likeness (QED) is 0.373. The highest BCUT2D eigenvalue weighted by Gasteiger charge is 2.09. The van der Waals surface area contributed by atoms with Crippen LogP contribution in [0.2, 0.25) is 0 Å². The van der Waals surface area contributed by atoms with Crippen molar-refractivity contribution in [3.8, 4) is 11.5 Å². The van der Waals surface area contributed by atoms with E-state index < -0.39 is 0 Å². The third-order valence-corrected chi connectivity index (χ3v) is 3.24. The van der Waals surface area contributed by atoms with E-state index in [2.05, 4.69) is 36.4 Å². The number of halogens is 1. The van der Waals surface area contributed by atoms with Crippen LogP contribution < -0.4 is 20.1 Å². The van der Waals surface area contributed by atoms with Crippen molar-refractivity contribution in [3.05, 3.63) is 24.3 Å². The van der Waals surface area contributed by atoms with Gasteiger partial charge in [0.05, 0.1) is 13.7 Å². The number of aliphatic imine (C=N–C) groups is 1. The Balaban J connectivity index is 0.00000484. The molecule has 0 aliphatic rings. The lowest BCUT2D eigenvalue weighted by molar-refractivity contribution is 0.219. The summed E-state index contributed by atoms with van der Waals surface area (Å²) < 4.78 is 11.2. The van der Waals surface area contributed by atoms with Gasteiger partial charge < -0.3 is 20.1 Å². The molecule has 0 spiro atoms. The topological polar surface area (TPSA) is 54.9 Å². The third-order valence-electron chi connectivity index (χ3n) is 3.24. The van der Waals surface area contributed by atoms with Crippen molar-refractivity contribution in [2.75, 3.05) is 20.2 Å². The largest absolute Gasteiger partial charge is 0.493 e. The minimum absolute atomic E-state index is 0. The molecule has 1 rings (SSSR count). The van der Waals surface area contributed by atoms with Crippen molar-refractivity contribution in [2.45, 2.75) is 46.3 Å². The molecule has 23 heavy (non-hydrogen) atoms. The van der Waals surface area contributed by atoms with E-state index >= 15 is 0 Å².